The van der Waals surface area contributed by atoms with E-state index >= 15 is 0 Å². The third-order valence-corrected chi connectivity index (χ3v) is 7.55. The van der Waals surface area contributed by atoms with E-state index in [1.54, 1.807) is 32.0 Å². The normalized spacial score (nSPS) is 11.7. The number of rotatable bonds is 11. The summed E-state index contributed by atoms with van der Waals surface area (Å²) in [5.74, 6) is -1.62. The molecule has 35 heavy (non-hydrogen) atoms. The van der Waals surface area contributed by atoms with Gasteiger partial charge in [0.2, 0.25) is 0 Å². The molecule has 1 aromatic carbocycles. The van der Waals surface area contributed by atoms with Crippen molar-refractivity contribution in [2.45, 2.75) is 33.1 Å². The molecule has 2 aromatic heterocycles. The average Bonchev–Trinajstić information content (AvgIpc) is 2.81. The molecule has 2 heterocycles. The highest BCUT2D eigenvalue weighted by atomic mass is 31.2. The standard InChI is InChI=1S/C24H29FN3O6P/c1-4-33-35(32,34-5-2)12-6-7-18-16(13-15-8-10-17(25)11-9-15)14-19-21(27-18)22(29)20(23(30)26-3)24(31)28-19/h8-11,14H,4-7,12-13H2,1-3H3,(H,26,30)(H2,28,29,31). The number of aromatic nitrogens is 2. The van der Waals surface area contributed by atoms with E-state index in [0.29, 0.717) is 25.0 Å². The number of H-pyrrole nitrogens is 1. The summed E-state index contributed by atoms with van der Waals surface area (Å²) in [6.07, 6.45) is 1.34. The van der Waals surface area contributed by atoms with E-state index in [1.165, 1.54) is 19.2 Å². The number of hydrogen-bond donors (Lipinski definition) is 3. The number of amides is 1. The monoisotopic (exact) mass is 505 g/mol. The molecule has 9 nitrogen and oxygen atoms in total. The number of aromatic amines is 1. The lowest BCUT2D eigenvalue weighted by Crippen LogP contribution is -2.27. The Morgan fingerprint density at radius 3 is 2.46 bits per heavy atom. The van der Waals surface area contributed by atoms with E-state index in [0.717, 1.165) is 11.1 Å². The highest BCUT2D eigenvalue weighted by Crippen LogP contribution is 2.48. The van der Waals surface area contributed by atoms with E-state index in [4.69, 9.17) is 9.05 Å². The Bertz CT molecular complexity index is 1300. The molecule has 1 amide bonds. The lowest BCUT2D eigenvalue weighted by atomic mass is 10.00. The molecule has 0 saturated heterocycles. The van der Waals surface area contributed by atoms with Crippen LogP contribution in [-0.2, 0) is 26.5 Å². The minimum Gasteiger partial charge on any atom is -0.505 e. The Balaban J connectivity index is 2.03. The first-order valence-corrected chi connectivity index (χ1v) is 13.1. The molecule has 0 aliphatic carbocycles. The number of hydrogen-bond acceptors (Lipinski definition) is 7. The molecule has 0 aliphatic heterocycles. The molecule has 0 atom stereocenters. The molecule has 0 fully saturated rings. The topological polar surface area (TPSA) is 131 Å². The zero-order chi connectivity index (χ0) is 25.6. The second-order valence-electron chi connectivity index (χ2n) is 7.82. The smallest absolute Gasteiger partial charge is 0.330 e. The van der Waals surface area contributed by atoms with E-state index in [1.807, 2.05) is 0 Å². The van der Waals surface area contributed by atoms with Crippen molar-refractivity contribution in [3.05, 3.63) is 68.9 Å². The molecular formula is C24H29FN3O6P. The molecule has 0 bridgehead atoms. The Morgan fingerprint density at radius 2 is 1.86 bits per heavy atom. The second-order valence-corrected chi connectivity index (χ2v) is 10.0. The van der Waals surface area contributed by atoms with Crippen molar-refractivity contribution in [2.24, 2.45) is 0 Å². The molecule has 0 saturated carbocycles. The number of halogens is 1. The Morgan fingerprint density at radius 1 is 1.20 bits per heavy atom. The van der Waals surface area contributed by atoms with Crippen LogP contribution in [0, 0.1) is 5.82 Å². The summed E-state index contributed by atoms with van der Waals surface area (Å²) in [6.45, 7) is 3.99. The first-order chi connectivity index (χ1) is 16.7. The SMILES string of the molecule is CCOP(=O)(CCCc1nc2c(O)c(C(=O)NC)c(=O)[nH]c2cc1Cc1ccc(F)cc1)OCC. The van der Waals surface area contributed by atoms with Gasteiger partial charge in [-0.05, 0) is 62.4 Å². The highest BCUT2D eigenvalue weighted by molar-refractivity contribution is 7.53. The van der Waals surface area contributed by atoms with Gasteiger partial charge in [-0.15, -0.1) is 0 Å². The number of benzene rings is 1. The largest absolute Gasteiger partial charge is 0.505 e. The van der Waals surface area contributed by atoms with Crippen molar-refractivity contribution in [1.29, 1.82) is 0 Å². The van der Waals surface area contributed by atoms with Gasteiger partial charge in [0, 0.05) is 12.7 Å². The van der Waals surface area contributed by atoms with Gasteiger partial charge in [0.25, 0.3) is 11.5 Å². The molecule has 11 heteroatoms. The van der Waals surface area contributed by atoms with Gasteiger partial charge in [-0.2, -0.15) is 0 Å². The number of aryl methyl sites for hydroxylation is 1. The number of aromatic hydroxyl groups is 1. The fourth-order valence-electron chi connectivity index (χ4n) is 3.81. The second kappa shape index (κ2) is 11.6. The molecule has 0 unspecified atom stereocenters. The number of carbonyl (C=O) groups excluding carboxylic acids is 1. The van der Waals surface area contributed by atoms with Crippen LogP contribution in [0.4, 0.5) is 4.39 Å². The Kier molecular flexibility index (Phi) is 8.77. The minimum absolute atomic E-state index is 0.0684. The number of nitrogens with one attached hydrogen (secondary N) is 2. The summed E-state index contributed by atoms with van der Waals surface area (Å²) in [5, 5.41) is 13.0. The van der Waals surface area contributed by atoms with Gasteiger partial charge in [-0.1, -0.05) is 12.1 Å². The van der Waals surface area contributed by atoms with Crippen molar-refractivity contribution in [1.82, 2.24) is 15.3 Å². The van der Waals surface area contributed by atoms with Gasteiger partial charge in [0.15, 0.2) is 5.75 Å². The molecular weight excluding hydrogens is 476 g/mol. The van der Waals surface area contributed by atoms with Crippen LogP contribution < -0.4 is 10.9 Å². The lowest BCUT2D eigenvalue weighted by Gasteiger charge is -2.17. The number of carbonyl (C=O) groups is 1. The molecule has 0 spiro atoms. The molecule has 3 aromatic rings. The maximum atomic E-state index is 13.4. The third kappa shape index (κ3) is 6.33. The van der Waals surface area contributed by atoms with Gasteiger partial charge in [-0.3, -0.25) is 14.2 Å². The van der Waals surface area contributed by atoms with Crippen LogP contribution in [0.5, 0.6) is 5.75 Å². The first-order valence-electron chi connectivity index (χ1n) is 11.3. The Hall–Kier alpha value is -3.07. The van der Waals surface area contributed by atoms with E-state index in [9.17, 15) is 23.7 Å². The zero-order valence-corrected chi connectivity index (χ0v) is 20.8. The van der Waals surface area contributed by atoms with Crippen LogP contribution in [0.15, 0.2) is 35.1 Å². The van der Waals surface area contributed by atoms with E-state index in [-0.39, 0.29) is 36.2 Å². The van der Waals surface area contributed by atoms with Crippen LogP contribution in [0.1, 0.15) is 47.4 Å². The predicted octanol–water partition coefficient (Wildman–Crippen LogP) is 3.92. The maximum Gasteiger partial charge on any atom is 0.330 e. The lowest BCUT2D eigenvalue weighted by molar-refractivity contribution is 0.0959. The van der Waals surface area contributed by atoms with Crippen LogP contribution >= 0.6 is 7.60 Å². The predicted molar refractivity (Wildman–Crippen MR) is 131 cm³/mol. The fourth-order valence-corrected chi connectivity index (χ4v) is 5.47. The summed E-state index contributed by atoms with van der Waals surface area (Å²) >= 11 is 0. The molecule has 0 aliphatic rings. The van der Waals surface area contributed by atoms with E-state index in [2.05, 4.69) is 15.3 Å². The zero-order valence-electron chi connectivity index (χ0n) is 19.9. The average molecular weight is 505 g/mol. The van der Waals surface area contributed by atoms with Crippen molar-refractivity contribution >= 4 is 24.5 Å². The summed E-state index contributed by atoms with van der Waals surface area (Å²) in [7, 11) is -1.90. The summed E-state index contributed by atoms with van der Waals surface area (Å²) in [5.41, 5.74) is 1.28. The van der Waals surface area contributed by atoms with Gasteiger partial charge >= 0.3 is 7.60 Å². The van der Waals surface area contributed by atoms with Crippen LogP contribution in [0.3, 0.4) is 0 Å². The van der Waals surface area contributed by atoms with Crippen LogP contribution in [0.2, 0.25) is 0 Å². The van der Waals surface area contributed by atoms with Crippen molar-refractivity contribution in [2.75, 3.05) is 26.4 Å². The third-order valence-electron chi connectivity index (χ3n) is 5.39. The van der Waals surface area contributed by atoms with Crippen molar-refractivity contribution < 1.29 is 27.9 Å². The fraction of sp³-hybridized carbons (Fsp3) is 0.375. The van der Waals surface area contributed by atoms with Gasteiger partial charge < -0.3 is 24.5 Å². The molecule has 0 radical (unpaired) electrons. The first kappa shape index (κ1) is 26.5. The molecule has 188 valence electrons. The summed E-state index contributed by atoms with van der Waals surface area (Å²) in [4.78, 5) is 31.7. The number of pyridine rings is 2. The minimum atomic E-state index is -3.25. The highest BCUT2D eigenvalue weighted by Gasteiger charge is 2.24. The quantitative estimate of drug-likeness (QED) is 0.337. The van der Waals surface area contributed by atoms with Crippen LogP contribution in [-0.4, -0.2) is 47.4 Å². The summed E-state index contributed by atoms with van der Waals surface area (Å²) in [6, 6.07) is 7.69. The number of fused-ring (bicyclic) bond motifs is 1. The van der Waals surface area contributed by atoms with Crippen molar-refractivity contribution in [3.8, 4) is 5.75 Å². The van der Waals surface area contributed by atoms with Gasteiger partial charge in [0.05, 0.1) is 24.9 Å². The summed E-state index contributed by atoms with van der Waals surface area (Å²) < 4.78 is 36.9. The Labute approximate surface area is 202 Å². The maximum absolute atomic E-state index is 13.4. The van der Waals surface area contributed by atoms with Gasteiger partial charge in [-0.25, -0.2) is 9.37 Å². The van der Waals surface area contributed by atoms with E-state index < -0.39 is 30.4 Å². The molecule has 3 N–H and O–H groups in total. The van der Waals surface area contributed by atoms with Gasteiger partial charge in [0.1, 0.15) is 16.9 Å². The van der Waals surface area contributed by atoms with Crippen LogP contribution in [0.25, 0.3) is 11.0 Å². The van der Waals surface area contributed by atoms with Crippen molar-refractivity contribution in [3.63, 3.8) is 0 Å². The number of nitrogens with zero attached hydrogens (tertiary/aromatic N) is 1. The molecule has 3 rings (SSSR count).